The molecule has 110 valence electrons. The normalized spacial score (nSPS) is 11.9. The maximum atomic E-state index is 12.8. The van der Waals surface area contributed by atoms with E-state index in [0.717, 1.165) is 5.56 Å². The average Bonchev–Trinajstić information content (AvgIpc) is 2.39. The molecular formula is C15H20FNO3. The molecule has 20 heavy (non-hydrogen) atoms. The molecule has 0 heterocycles. The number of carboxylic acids is 1. The van der Waals surface area contributed by atoms with E-state index in [1.54, 1.807) is 12.1 Å². The van der Waals surface area contributed by atoms with Gasteiger partial charge < -0.3 is 10.0 Å². The van der Waals surface area contributed by atoms with E-state index in [1.807, 2.05) is 13.8 Å². The van der Waals surface area contributed by atoms with Gasteiger partial charge in [0.15, 0.2) is 0 Å². The summed E-state index contributed by atoms with van der Waals surface area (Å²) in [6.07, 6.45) is 0.240. The van der Waals surface area contributed by atoms with Crippen molar-refractivity contribution in [3.05, 3.63) is 35.6 Å². The molecule has 0 spiro atoms. The number of rotatable bonds is 7. The van der Waals surface area contributed by atoms with Crippen molar-refractivity contribution in [2.45, 2.75) is 32.6 Å². The van der Waals surface area contributed by atoms with Gasteiger partial charge in [0.1, 0.15) is 5.82 Å². The molecule has 0 saturated heterocycles. The van der Waals surface area contributed by atoms with E-state index in [9.17, 15) is 14.0 Å². The van der Waals surface area contributed by atoms with E-state index in [-0.39, 0.29) is 30.6 Å². The van der Waals surface area contributed by atoms with Crippen LogP contribution in [0.25, 0.3) is 0 Å². The van der Waals surface area contributed by atoms with Gasteiger partial charge in [-0.25, -0.2) is 4.39 Å². The van der Waals surface area contributed by atoms with Crippen LogP contribution in [0.15, 0.2) is 24.3 Å². The second-order valence-electron chi connectivity index (χ2n) is 4.77. The van der Waals surface area contributed by atoms with E-state index in [1.165, 1.54) is 17.0 Å². The minimum Gasteiger partial charge on any atom is -0.481 e. The number of benzene rings is 1. The SMILES string of the molecule is CCN(CCC(=O)O)C(=O)CC(C)c1ccc(F)cc1. The number of halogens is 1. The summed E-state index contributed by atoms with van der Waals surface area (Å²) in [6.45, 7) is 4.43. The van der Waals surface area contributed by atoms with Crippen LogP contribution < -0.4 is 0 Å². The van der Waals surface area contributed by atoms with Gasteiger partial charge in [-0.15, -0.1) is 0 Å². The second kappa shape index (κ2) is 7.62. The van der Waals surface area contributed by atoms with Crippen molar-refractivity contribution in [2.24, 2.45) is 0 Å². The number of carbonyl (C=O) groups excluding carboxylic acids is 1. The molecule has 1 aromatic carbocycles. The van der Waals surface area contributed by atoms with Crippen LogP contribution in [0, 0.1) is 5.82 Å². The van der Waals surface area contributed by atoms with Crippen LogP contribution in [-0.2, 0) is 9.59 Å². The molecule has 1 amide bonds. The third-order valence-electron chi connectivity index (χ3n) is 3.25. The maximum absolute atomic E-state index is 12.8. The quantitative estimate of drug-likeness (QED) is 0.836. The Morgan fingerprint density at radius 1 is 1.30 bits per heavy atom. The zero-order valence-electron chi connectivity index (χ0n) is 11.8. The fourth-order valence-electron chi connectivity index (χ4n) is 1.99. The molecule has 1 unspecified atom stereocenters. The number of nitrogens with zero attached hydrogens (tertiary/aromatic N) is 1. The van der Waals surface area contributed by atoms with Gasteiger partial charge in [0.05, 0.1) is 6.42 Å². The lowest BCUT2D eigenvalue weighted by molar-refractivity contribution is -0.138. The van der Waals surface area contributed by atoms with Gasteiger partial charge in [-0.05, 0) is 30.5 Å². The molecule has 1 N–H and O–H groups in total. The summed E-state index contributed by atoms with van der Waals surface area (Å²) < 4.78 is 12.8. The fourth-order valence-corrected chi connectivity index (χ4v) is 1.99. The second-order valence-corrected chi connectivity index (χ2v) is 4.77. The largest absolute Gasteiger partial charge is 0.481 e. The molecule has 1 atom stereocenters. The topological polar surface area (TPSA) is 57.6 Å². The number of hydrogen-bond acceptors (Lipinski definition) is 2. The highest BCUT2D eigenvalue weighted by molar-refractivity contribution is 5.77. The Morgan fingerprint density at radius 2 is 1.90 bits per heavy atom. The molecule has 0 bridgehead atoms. The standard InChI is InChI=1S/C15H20FNO3/c1-3-17(9-8-15(19)20)14(18)10-11(2)12-4-6-13(16)7-5-12/h4-7,11H,3,8-10H2,1-2H3,(H,19,20). The van der Waals surface area contributed by atoms with Crippen LogP contribution in [0.5, 0.6) is 0 Å². The Kier molecular flexibility index (Phi) is 6.15. The zero-order valence-corrected chi connectivity index (χ0v) is 11.8. The minimum atomic E-state index is -0.914. The third kappa shape index (κ3) is 4.99. The zero-order chi connectivity index (χ0) is 15.1. The van der Waals surface area contributed by atoms with E-state index >= 15 is 0 Å². The smallest absolute Gasteiger partial charge is 0.305 e. The Morgan fingerprint density at radius 3 is 2.40 bits per heavy atom. The molecule has 0 aromatic heterocycles. The summed E-state index contributed by atoms with van der Waals surface area (Å²) in [6, 6.07) is 6.08. The van der Waals surface area contributed by atoms with Gasteiger partial charge in [0.25, 0.3) is 0 Å². The van der Waals surface area contributed by atoms with Gasteiger partial charge in [0.2, 0.25) is 5.91 Å². The van der Waals surface area contributed by atoms with Crippen LogP contribution in [0.4, 0.5) is 4.39 Å². The molecule has 0 fully saturated rings. The number of hydrogen-bond donors (Lipinski definition) is 1. The monoisotopic (exact) mass is 281 g/mol. The molecule has 4 nitrogen and oxygen atoms in total. The molecule has 0 radical (unpaired) electrons. The van der Waals surface area contributed by atoms with Crippen LogP contribution in [-0.4, -0.2) is 35.0 Å². The molecule has 0 saturated carbocycles. The molecule has 1 aromatic rings. The van der Waals surface area contributed by atoms with Crippen molar-refractivity contribution in [3.8, 4) is 0 Å². The van der Waals surface area contributed by atoms with Crippen molar-refractivity contribution < 1.29 is 19.1 Å². The number of carboxylic acid groups (broad SMARTS) is 1. The summed E-state index contributed by atoms with van der Waals surface area (Å²) in [4.78, 5) is 24.2. The predicted octanol–water partition coefficient (Wildman–Crippen LogP) is 2.64. The summed E-state index contributed by atoms with van der Waals surface area (Å²) >= 11 is 0. The number of amides is 1. The lowest BCUT2D eigenvalue weighted by atomic mass is 9.97. The summed E-state index contributed by atoms with van der Waals surface area (Å²) in [7, 11) is 0. The first kappa shape index (κ1) is 16.1. The average molecular weight is 281 g/mol. The number of aliphatic carboxylic acids is 1. The Hall–Kier alpha value is -1.91. The van der Waals surface area contributed by atoms with E-state index < -0.39 is 5.97 Å². The fraction of sp³-hybridized carbons (Fsp3) is 0.467. The van der Waals surface area contributed by atoms with Crippen molar-refractivity contribution in [1.29, 1.82) is 0 Å². The van der Waals surface area contributed by atoms with E-state index in [4.69, 9.17) is 5.11 Å². The van der Waals surface area contributed by atoms with Crippen LogP contribution in [0.2, 0.25) is 0 Å². The lowest BCUT2D eigenvalue weighted by Gasteiger charge is -2.22. The van der Waals surface area contributed by atoms with Gasteiger partial charge in [-0.3, -0.25) is 9.59 Å². The van der Waals surface area contributed by atoms with Crippen molar-refractivity contribution in [2.75, 3.05) is 13.1 Å². The molecule has 1 rings (SSSR count). The lowest BCUT2D eigenvalue weighted by Crippen LogP contribution is -2.33. The van der Waals surface area contributed by atoms with Crippen LogP contribution in [0.3, 0.4) is 0 Å². The van der Waals surface area contributed by atoms with Crippen LogP contribution >= 0.6 is 0 Å². The summed E-state index contributed by atoms with van der Waals surface area (Å²) in [5.74, 6) is -1.32. The van der Waals surface area contributed by atoms with Gasteiger partial charge in [0, 0.05) is 19.5 Å². The van der Waals surface area contributed by atoms with Crippen molar-refractivity contribution >= 4 is 11.9 Å². The first-order chi connectivity index (χ1) is 9.43. The molecule has 5 heteroatoms. The molecule has 0 aliphatic heterocycles. The first-order valence-electron chi connectivity index (χ1n) is 6.69. The van der Waals surface area contributed by atoms with Crippen molar-refractivity contribution in [1.82, 2.24) is 4.90 Å². The summed E-state index contributed by atoms with van der Waals surface area (Å²) in [5.41, 5.74) is 0.897. The van der Waals surface area contributed by atoms with Gasteiger partial charge >= 0.3 is 5.97 Å². The van der Waals surface area contributed by atoms with Crippen molar-refractivity contribution in [3.63, 3.8) is 0 Å². The third-order valence-corrected chi connectivity index (χ3v) is 3.25. The molecule has 0 aliphatic carbocycles. The Labute approximate surface area is 118 Å². The van der Waals surface area contributed by atoms with Crippen LogP contribution in [0.1, 0.15) is 38.2 Å². The van der Waals surface area contributed by atoms with Gasteiger partial charge in [-0.2, -0.15) is 0 Å². The first-order valence-corrected chi connectivity index (χ1v) is 6.69. The highest BCUT2D eigenvalue weighted by Gasteiger charge is 2.17. The van der Waals surface area contributed by atoms with E-state index in [0.29, 0.717) is 13.0 Å². The Bertz CT molecular complexity index is 459. The van der Waals surface area contributed by atoms with Gasteiger partial charge in [-0.1, -0.05) is 19.1 Å². The van der Waals surface area contributed by atoms with E-state index in [2.05, 4.69) is 0 Å². The Balaban J connectivity index is 2.58. The summed E-state index contributed by atoms with van der Waals surface area (Å²) in [5, 5.41) is 8.65. The molecular weight excluding hydrogens is 261 g/mol. The maximum Gasteiger partial charge on any atom is 0.305 e. The number of carbonyl (C=O) groups is 2. The predicted molar refractivity (Wildman–Crippen MR) is 73.9 cm³/mol. The highest BCUT2D eigenvalue weighted by atomic mass is 19.1. The highest BCUT2D eigenvalue weighted by Crippen LogP contribution is 2.20. The minimum absolute atomic E-state index is 0.0259. The molecule has 0 aliphatic rings.